The molecule has 54 heavy (non-hydrogen) atoms. The Morgan fingerprint density at radius 2 is 1.59 bits per heavy atom. The summed E-state index contributed by atoms with van der Waals surface area (Å²) in [7, 11) is 4.32. The van der Waals surface area contributed by atoms with Gasteiger partial charge >= 0.3 is 11.9 Å². The van der Waals surface area contributed by atoms with Crippen LogP contribution in [0.4, 0.5) is 0 Å². The first-order valence-corrected chi connectivity index (χ1v) is 21.3. The molecule has 308 valence electrons. The Balaban J connectivity index is 0.00000561. The summed E-state index contributed by atoms with van der Waals surface area (Å²) in [5.41, 5.74) is 1.80. The Labute approximate surface area is 328 Å². The number of likely N-dealkylation sites (N-methyl/N-ethyl adjacent to an activating group) is 1. The number of ether oxygens (including phenoxy) is 2. The number of rotatable bonds is 13. The van der Waals surface area contributed by atoms with Gasteiger partial charge in [-0.1, -0.05) is 61.5 Å². The minimum Gasteiger partial charge on any atom is -0.481 e. The van der Waals surface area contributed by atoms with Crippen LogP contribution in [0.2, 0.25) is 0 Å². The summed E-state index contributed by atoms with van der Waals surface area (Å²) >= 11 is 0. The minimum atomic E-state index is -1.14. The topological polar surface area (TPSA) is 96.4 Å². The van der Waals surface area contributed by atoms with Crippen molar-refractivity contribution >= 4 is 17.7 Å². The third kappa shape index (κ3) is 7.18. The number of hydrogen-bond donors (Lipinski definition) is 1. The second kappa shape index (κ2) is 15.2. The highest BCUT2D eigenvalue weighted by Crippen LogP contribution is 2.77. The second-order valence-corrected chi connectivity index (χ2v) is 21.4. The molecule has 8 heteroatoms. The van der Waals surface area contributed by atoms with Crippen molar-refractivity contribution in [2.75, 3.05) is 53.5 Å². The van der Waals surface area contributed by atoms with Crippen LogP contribution in [-0.2, 0) is 23.9 Å². The Hall–Kier alpha value is -1.77. The smallest absolute Gasteiger partial charge is 0.309 e. The first-order chi connectivity index (χ1) is 24.6. The molecule has 5 aliphatic carbocycles. The predicted molar refractivity (Wildman–Crippen MR) is 216 cm³/mol. The molecule has 6 aliphatic rings. The van der Waals surface area contributed by atoms with Gasteiger partial charge in [0.1, 0.15) is 6.10 Å². The average Bonchev–Trinajstić information content (AvgIpc) is 3.33. The number of Topliss-reactive ketones (excluding diaryl/α,β-unsaturated/α-hetero) is 1. The van der Waals surface area contributed by atoms with Gasteiger partial charge in [0, 0.05) is 42.8 Å². The monoisotopic (exact) mass is 755 g/mol. The highest BCUT2D eigenvalue weighted by Gasteiger charge is 2.70. The number of carboxylic acid groups (broad SMARTS) is 1. The molecule has 8 atom stereocenters. The lowest BCUT2D eigenvalue weighted by atomic mass is 9.33. The van der Waals surface area contributed by atoms with Crippen molar-refractivity contribution in [2.45, 2.75) is 146 Å². The van der Waals surface area contributed by atoms with Crippen LogP contribution in [0, 0.1) is 62.1 Å². The molecule has 8 nitrogen and oxygen atoms in total. The Kier molecular flexibility index (Phi) is 12.2. The molecule has 5 fully saturated rings. The molecule has 6 rings (SSSR count). The van der Waals surface area contributed by atoms with Crippen molar-refractivity contribution in [1.29, 1.82) is 0 Å². The molecule has 0 bridgehead atoms. The van der Waals surface area contributed by atoms with Crippen LogP contribution in [0.3, 0.4) is 0 Å². The molecule has 4 saturated carbocycles. The van der Waals surface area contributed by atoms with Crippen LogP contribution in [0.1, 0.15) is 140 Å². The van der Waals surface area contributed by atoms with E-state index in [-0.39, 0.29) is 52.9 Å². The molecule has 0 aromatic rings. The highest BCUT2D eigenvalue weighted by atomic mass is 16.5. The first kappa shape index (κ1) is 43.4. The third-order valence-electron chi connectivity index (χ3n) is 16.9. The van der Waals surface area contributed by atoms with E-state index >= 15 is 0 Å². The average molecular weight is 755 g/mol. The molecule has 1 aliphatic heterocycles. The molecular formula is C46H78N2O6. The molecule has 1 heterocycles. The van der Waals surface area contributed by atoms with E-state index in [0.717, 1.165) is 84.3 Å². The summed E-state index contributed by atoms with van der Waals surface area (Å²) in [5, 5.41) is 9.63. The van der Waals surface area contributed by atoms with Crippen LogP contribution in [-0.4, -0.2) is 92.2 Å². The number of carbonyl (C=O) groups is 3. The fourth-order valence-electron chi connectivity index (χ4n) is 13.6. The summed E-state index contributed by atoms with van der Waals surface area (Å²) in [6.45, 7) is 26.2. The Morgan fingerprint density at radius 1 is 0.907 bits per heavy atom. The molecule has 0 aromatic heterocycles. The number of nitrogens with zero attached hydrogens (tertiary/aromatic N) is 2. The van der Waals surface area contributed by atoms with E-state index in [2.05, 4.69) is 72.4 Å². The Bertz CT molecular complexity index is 1460. The standard InChI is InChI=1S/C45H74N2O6.CH4/c1-29(2)37-32(48)24-45(20-21-47(23-22-46(10)11)26-30-27-52-28-30)19-18-43(8)31(38(37)45)12-13-34-42(7)16-15-35(53-36(49)25-40(3,4)39(50)51)41(5,6)33(42)14-17-44(34,43)9;/h29-31,33-35H,12-28H2,1-11H3,(H,50,51);1H4/t31-,33+,34-,35+,42+,43-,44-,45-;/m1./s1. The largest absolute Gasteiger partial charge is 0.481 e. The van der Waals surface area contributed by atoms with Gasteiger partial charge in [-0.3, -0.25) is 14.4 Å². The first-order valence-electron chi connectivity index (χ1n) is 21.3. The summed E-state index contributed by atoms with van der Waals surface area (Å²) in [6.07, 6.45) is 10.2. The zero-order chi connectivity index (χ0) is 38.9. The summed E-state index contributed by atoms with van der Waals surface area (Å²) in [4.78, 5) is 44.0. The van der Waals surface area contributed by atoms with E-state index < -0.39 is 17.4 Å². The van der Waals surface area contributed by atoms with Crippen molar-refractivity contribution in [3.8, 4) is 0 Å². The predicted octanol–water partition coefficient (Wildman–Crippen LogP) is 8.92. The van der Waals surface area contributed by atoms with Gasteiger partial charge in [-0.2, -0.15) is 0 Å². The normalized spacial score (nSPS) is 37.6. The molecule has 1 N–H and O–H groups in total. The number of hydrogen-bond acceptors (Lipinski definition) is 7. The molecule has 1 saturated heterocycles. The second-order valence-electron chi connectivity index (χ2n) is 21.4. The van der Waals surface area contributed by atoms with Gasteiger partial charge in [-0.15, -0.1) is 0 Å². The van der Waals surface area contributed by atoms with Crippen molar-refractivity contribution in [3.05, 3.63) is 11.1 Å². The molecule has 0 radical (unpaired) electrons. The maximum absolute atomic E-state index is 14.2. The van der Waals surface area contributed by atoms with E-state index in [1.54, 1.807) is 19.4 Å². The molecular weight excluding hydrogens is 677 g/mol. The highest BCUT2D eigenvalue weighted by molar-refractivity contribution is 6.00. The number of carbonyl (C=O) groups excluding carboxylic acids is 2. The van der Waals surface area contributed by atoms with Crippen molar-refractivity contribution < 1.29 is 29.0 Å². The molecule has 0 aromatic carbocycles. The Morgan fingerprint density at radius 3 is 2.19 bits per heavy atom. The zero-order valence-corrected chi connectivity index (χ0v) is 35.4. The van der Waals surface area contributed by atoms with Gasteiger partial charge in [-0.25, -0.2) is 0 Å². The number of esters is 1. The number of allylic oxidation sites excluding steroid dienone is 2. The van der Waals surface area contributed by atoms with Gasteiger partial charge in [0.05, 0.1) is 25.0 Å². The summed E-state index contributed by atoms with van der Waals surface area (Å²) < 4.78 is 11.8. The van der Waals surface area contributed by atoms with Crippen LogP contribution in [0.25, 0.3) is 0 Å². The lowest BCUT2D eigenvalue weighted by Crippen LogP contribution is -2.65. The van der Waals surface area contributed by atoms with E-state index in [9.17, 15) is 19.5 Å². The van der Waals surface area contributed by atoms with E-state index in [1.807, 2.05) is 0 Å². The van der Waals surface area contributed by atoms with E-state index in [4.69, 9.17) is 9.47 Å². The summed E-state index contributed by atoms with van der Waals surface area (Å²) in [6, 6.07) is 0. The SMILES string of the molecule is C.CC(C)C1=C2[C@H]3CC[C@@H]4[C@@]5(C)CC[C@H](OC(=O)CC(C)(C)C(=O)O)C(C)(C)[C@@H]5CC[C@@]4(C)[C@]3(C)CC[C@@]2(CCN(CCN(C)C)CC2COC2)CC1=O. The summed E-state index contributed by atoms with van der Waals surface area (Å²) in [5.74, 6) is 1.36. The third-order valence-corrected chi connectivity index (χ3v) is 16.9. The lowest BCUT2D eigenvalue weighted by molar-refractivity contribution is -0.233. The number of fused-ring (bicyclic) bond motifs is 7. The maximum Gasteiger partial charge on any atom is 0.309 e. The van der Waals surface area contributed by atoms with Crippen LogP contribution >= 0.6 is 0 Å². The van der Waals surface area contributed by atoms with Crippen molar-refractivity contribution in [3.63, 3.8) is 0 Å². The van der Waals surface area contributed by atoms with Crippen molar-refractivity contribution in [2.24, 2.45) is 62.1 Å². The van der Waals surface area contributed by atoms with Crippen LogP contribution in [0.15, 0.2) is 11.1 Å². The van der Waals surface area contributed by atoms with Crippen molar-refractivity contribution in [1.82, 2.24) is 9.80 Å². The quantitative estimate of drug-likeness (QED) is 0.186. The fraction of sp³-hybridized carbons (Fsp3) is 0.891. The minimum absolute atomic E-state index is 0. The number of aliphatic carboxylic acids is 1. The number of ketones is 1. The van der Waals surface area contributed by atoms with E-state index in [0.29, 0.717) is 35.9 Å². The molecule has 0 unspecified atom stereocenters. The van der Waals surface area contributed by atoms with Gasteiger partial charge in [0.15, 0.2) is 5.78 Å². The van der Waals surface area contributed by atoms with Crippen LogP contribution in [0.5, 0.6) is 0 Å². The van der Waals surface area contributed by atoms with Crippen LogP contribution < -0.4 is 0 Å². The van der Waals surface area contributed by atoms with Gasteiger partial charge in [0.25, 0.3) is 0 Å². The zero-order valence-electron chi connectivity index (χ0n) is 35.4. The lowest BCUT2D eigenvalue weighted by Gasteiger charge is -2.72. The van der Waals surface area contributed by atoms with Gasteiger partial charge in [-0.05, 0) is 138 Å². The van der Waals surface area contributed by atoms with E-state index in [1.165, 1.54) is 18.4 Å². The molecule has 0 amide bonds. The molecule has 0 spiro atoms. The number of carboxylic acids is 1. The maximum atomic E-state index is 14.2. The van der Waals surface area contributed by atoms with Gasteiger partial charge < -0.3 is 24.4 Å². The fourth-order valence-corrected chi connectivity index (χ4v) is 13.6. The van der Waals surface area contributed by atoms with Gasteiger partial charge in [0.2, 0.25) is 0 Å².